The number of ether oxygens (including phenoxy) is 1. The van der Waals surface area contributed by atoms with E-state index in [4.69, 9.17) is 0 Å². The van der Waals surface area contributed by atoms with Crippen molar-refractivity contribution in [1.29, 1.82) is 0 Å². The van der Waals surface area contributed by atoms with Gasteiger partial charge in [-0.05, 0) is 24.6 Å². The lowest BCUT2D eigenvalue weighted by Gasteiger charge is -2.17. The fourth-order valence-corrected chi connectivity index (χ4v) is 2.16. The van der Waals surface area contributed by atoms with Gasteiger partial charge in [0, 0.05) is 12.1 Å². The summed E-state index contributed by atoms with van der Waals surface area (Å²) in [6.45, 7) is 7.05. The first-order valence-electron chi connectivity index (χ1n) is 7.01. The molecule has 1 rings (SSSR count). The number of nitrogens with one attached hydrogen (secondary N) is 1. The Morgan fingerprint density at radius 3 is 2.39 bits per heavy atom. The van der Waals surface area contributed by atoms with Crippen LogP contribution in [0.5, 0.6) is 0 Å². The molecule has 0 atom stereocenters. The Bertz CT molecular complexity index is 562. The van der Waals surface area contributed by atoms with Crippen LogP contribution in [0.15, 0.2) is 24.3 Å². The molecule has 0 aliphatic heterocycles. The quantitative estimate of drug-likeness (QED) is 0.604. The molecule has 0 radical (unpaired) electrons. The first-order chi connectivity index (χ1) is 10.1. The number of rotatable bonds is 6. The van der Waals surface area contributed by atoms with Crippen molar-refractivity contribution in [3.05, 3.63) is 29.8 Å². The van der Waals surface area contributed by atoms with Crippen molar-refractivity contribution in [2.75, 3.05) is 11.9 Å². The maximum atomic E-state index is 13.7. The molecule has 0 heterocycles. The van der Waals surface area contributed by atoms with E-state index in [1.54, 1.807) is 12.1 Å². The second-order valence-corrected chi connectivity index (χ2v) is 11.0. The van der Waals surface area contributed by atoms with Crippen LogP contribution in [0.3, 0.4) is 0 Å². The largest absolute Gasteiger partial charge is 0.462 e. The van der Waals surface area contributed by atoms with Gasteiger partial charge < -0.3 is 10.1 Å². The fourth-order valence-electron chi connectivity index (χ4n) is 1.64. The summed E-state index contributed by atoms with van der Waals surface area (Å²) < 4.78 is 31.8. The average molecular weight is 366 g/mol. The summed E-state index contributed by atoms with van der Waals surface area (Å²) in [7, 11) is -2.01. The van der Waals surface area contributed by atoms with Gasteiger partial charge in [0.25, 0.3) is 0 Å². The summed E-state index contributed by atoms with van der Waals surface area (Å²) in [4.78, 5) is 23.2. The SMILES string of the molecule is CCOC(=O)C(F)(F)Cc1cccc(NC(=O)[Si](C)(C)C)c1.Cl. The first-order valence-corrected chi connectivity index (χ1v) is 10.5. The number of carbonyl (C=O) groups is 2. The summed E-state index contributed by atoms with van der Waals surface area (Å²) >= 11 is 0. The van der Waals surface area contributed by atoms with Crippen molar-refractivity contribution < 1.29 is 23.1 Å². The number of hydrogen-bond acceptors (Lipinski definition) is 3. The summed E-state index contributed by atoms with van der Waals surface area (Å²) in [6, 6.07) is 6.13. The smallest absolute Gasteiger partial charge is 0.377 e. The van der Waals surface area contributed by atoms with Crippen molar-refractivity contribution in [1.82, 2.24) is 0 Å². The molecule has 4 nitrogen and oxygen atoms in total. The Balaban J connectivity index is 0.00000484. The maximum absolute atomic E-state index is 13.7. The molecule has 8 heteroatoms. The minimum absolute atomic E-state index is 0. The highest BCUT2D eigenvalue weighted by Gasteiger charge is 2.40. The van der Waals surface area contributed by atoms with Gasteiger partial charge in [-0.1, -0.05) is 31.8 Å². The van der Waals surface area contributed by atoms with Crippen LogP contribution < -0.4 is 5.32 Å². The van der Waals surface area contributed by atoms with Crippen LogP contribution in [-0.4, -0.2) is 32.1 Å². The number of carbonyl (C=O) groups excluding carboxylic acids is 2. The molecule has 1 aromatic rings. The number of amides is 1. The molecule has 0 bridgehead atoms. The lowest BCUT2D eigenvalue weighted by atomic mass is 10.1. The van der Waals surface area contributed by atoms with Gasteiger partial charge in [0.1, 0.15) is 0 Å². The normalized spacial score (nSPS) is 11.4. The molecule has 0 unspecified atom stereocenters. The van der Waals surface area contributed by atoms with Crippen LogP contribution in [-0.2, 0) is 16.0 Å². The van der Waals surface area contributed by atoms with Gasteiger partial charge in [-0.25, -0.2) is 4.79 Å². The van der Waals surface area contributed by atoms with Crippen molar-refractivity contribution in [3.63, 3.8) is 0 Å². The van der Waals surface area contributed by atoms with Gasteiger partial charge in [-0.15, -0.1) is 12.4 Å². The first kappa shape index (κ1) is 21.5. The molecular formula is C15H22ClF2NO3Si. The molecule has 1 N–H and O–H groups in total. The van der Waals surface area contributed by atoms with Gasteiger partial charge in [-0.3, -0.25) is 4.79 Å². The molecule has 0 fully saturated rings. The second kappa shape index (κ2) is 8.40. The van der Waals surface area contributed by atoms with E-state index in [9.17, 15) is 18.4 Å². The molecular weight excluding hydrogens is 344 g/mol. The molecule has 0 aliphatic rings. The molecule has 1 amide bonds. The van der Waals surface area contributed by atoms with Crippen LogP contribution in [0.4, 0.5) is 19.3 Å². The van der Waals surface area contributed by atoms with Gasteiger partial charge in [0.15, 0.2) is 13.6 Å². The van der Waals surface area contributed by atoms with E-state index in [0.29, 0.717) is 5.69 Å². The highest BCUT2D eigenvalue weighted by Crippen LogP contribution is 2.24. The number of anilines is 1. The lowest BCUT2D eigenvalue weighted by molar-refractivity contribution is -0.171. The average Bonchev–Trinajstić information content (AvgIpc) is 2.37. The highest BCUT2D eigenvalue weighted by atomic mass is 35.5. The van der Waals surface area contributed by atoms with Gasteiger partial charge in [0.2, 0.25) is 0 Å². The number of benzene rings is 1. The Kier molecular flexibility index (Phi) is 7.86. The van der Waals surface area contributed by atoms with Crippen molar-refractivity contribution >= 4 is 37.7 Å². The molecule has 130 valence electrons. The van der Waals surface area contributed by atoms with Crippen molar-refractivity contribution in [2.45, 2.75) is 38.9 Å². The van der Waals surface area contributed by atoms with Crippen molar-refractivity contribution in [2.24, 2.45) is 0 Å². The second-order valence-electron chi connectivity index (χ2n) is 6.01. The van der Waals surface area contributed by atoms with E-state index in [1.807, 2.05) is 19.6 Å². The van der Waals surface area contributed by atoms with E-state index < -0.39 is 26.4 Å². The summed E-state index contributed by atoms with van der Waals surface area (Å²) in [6.07, 6.45) is -0.761. The van der Waals surface area contributed by atoms with Crippen LogP contribution in [0, 0.1) is 0 Å². The number of alkyl halides is 2. The van der Waals surface area contributed by atoms with E-state index >= 15 is 0 Å². The van der Waals surface area contributed by atoms with Crippen LogP contribution in [0.25, 0.3) is 0 Å². The standard InChI is InChI=1S/C15H21F2NO3Si.ClH/c1-5-21-13(19)15(16,17)10-11-7-6-8-12(9-11)18-14(20)22(2,3)4;/h6-9H,5,10H2,1-4H3,(H,18,20);1H. The Labute approximate surface area is 142 Å². The van der Waals surface area contributed by atoms with E-state index in [0.717, 1.165) is 0 Å². The molecule has 0 saturated heterocycles. The molecule has 0 saturated carbocycles. The number of esters is 1. The van der Waals surface area contributed by atoms with Crippen LogP contribution >= 0.6 is 12.4 Å². The van der Waals surface area contributed by atoms with E-state index in [-0.39, 0.29) is 30.1 Å². The summed E-state index contributed by atoms with van der Waals surface area (Å²) in [5, 5.41) is 2.72. The third-order valence-electron chi connectivity index (χ3n) is 2.87. The molecule has 0 aromatic heterocycles. The van der Waals surface area contributed by atoms with Crippen LogP contribution in [0.2, 0.25) is 19.6 Å². The fraction of sp³-hybridized carbons (Fsp3) is 0.467. The van der Waals surface area contributed by atoms with E-state index in [2.05, 4.69) is 10.1 Å². The minimum Gasteiger partial charge on any atom is -0.462 e. The highest BCUT2D eigenvalue weighted by molar-refractivity contribution is 7.04. The van der Waals surface area contributed by atoms with Crippen molar-refractivity contribution in [3.8, 4) is 0 Å². The Morgan fingerprint density at radius 2 is 1.87 bits per heavy atom. The van der Waals surface area contributed by atoms with Gasteiger partial charge in [0.05, 0.1) is 6.61 Å². The third kappa shape index (κ3) is 6.66. The number of hydrogen-bond donors (Lipinski definition) is 1. The summed E-state index contributed by atoms with van der Waals surface area (Å²) in [5.74, 6) is -5.12. The van der Waals surface area contributed by atoms with E-state index in [1.165, 1.54) is 19.1 Å². The lowest BCUT2D eigenvalue weighted by Crippen LogP contribution is -2.37. The predicted molar refractivity (Wildman–Crippen MR) is 91.3 cm³/mol. The van der Waals surface area contributed by atoms with Gasteiger partial charge in [-0.2, -0.15) is 8.78 Å². The topological polar surface area (TPSA) is 55.4 Å². The number of halogens is 3. The Hall–Kier alpha value is -1.47. The third-order valence-corrected chi connectivity index (χ3v) is 4.35. The zero-order valence-electron chi connectivity index (χ0n) is 13.6. The molecule has 0 spiro atoms. The predicted octanol–water partition coefficient (Wildman–Crippen LogP) is 4.30. The maximum Gasteiger partial charge on any atom is 0.377 e. The molecule has 1 aromatic carbocycles. The monoisotopic (exact) mass is 365 g/mol. The molecule has 23 heavy (non-hydrogen) atoms. The Morgan fingerprint density at radius 1 is 1.26 bits per heavy atom. The zero-order chi connectivity index (χ0) is 17.0. The minimum atomic E-state index is -3.59. The summed E-state index contributed by atoms with van der Waals surface area (Å²) in [5.41, 5.74) is 0.623. The zero-order valence-corrected chi connectivity index (χ0v) is 15.4. The van der Waals surface area contributed by atoms with Crippen LogP contribution in [0.1, 0.15) is 12.5 Å². The van der Waals surface area contributed by atoms with Gasteiger partial charge >= 0.3 is 11.9 Å². The molecule has 0 aliphatic carbocycles.